The summed E-state index contributed by atoms with van der Waals surface area (Å²) < 4.78 is 27.4. The number of carbonyl (C=O) groups is 2. The number of carbonyl (C=O) groups excluding carboxylic acids is 2. The Kier molecular flexibility index (Phi) is 11.4. The van der Waals surface area contributed by atoms with E-state index in [4.69, 9.17) is 34.8 Å². The van der Waals surface area contributed by atoms with Gasteiger partial charge in [-0.15, -0.1) is 0 Å². The summed E-state index contributed by atoms with van der Waals surface area (Å²) in [6.45, 7) is 3.30. The van der Waals surface area contributed by atoms with Crippen molar-refractivity contribution in [3.8, 4) is 0 Å². The summed E-state index contributed by atoms with van der Waals surface area (Å²) >= 11 is 18.5. The minimum Gasteiger partial charge on any atom is -0.352 e. The predicted octanol–water partition coefficient (Wildman–Crippen LogP) is 5.82. The van der Waals surface area contributed by atoms with Gasteiger partial charge in [0.15, 0.2) is 0 Å². The fourth-order valence-electron chi connectivity index (χ4n) is 3.98. The van der Waals surface area contributed by atoms with Crippen molar-refractivity contribution in [3.63, 3.8) is 0 Å². The average molecular weight is 625 g/mol. The highest BCUT2D eigenvalue weighted by Crippen LogP contribution is 2.25. The van der Waals surface area contributed by atoms with Gasteiger partial charge >= 0.3 is 0 Å². The third kappa shape index (κ3) is 8.44. The molecule has 2 unspecified atom stereocenters. The molecule has 0 fully saturated rings. The van der Waals surface area contributed by atoms with E-state index in [1.54, 1.807) is 18.2 Å². The van der Waals surface area contributed by atoms with Crippen molar-refractivity contribution < 1.29 is 18.0 Å². The van der Waals surface area contributed by atoms with Gasteiger partial charge in [-0.1, -0.05) is 78.1 Å². The lowest BCUT2D eigenvalue weighted by molar-refractivity contribution is -0.141. The highest BCUT2D eigenvalue weighted by molar-refractivity contribution is 7.89. The van der Waals surface area contributed by atoms with Crippen LogP contribution in [0.15, 0.2) is 77.7 Å². The summed E-state index contributed by atoms with van der Waals surface area (Å²) in [4.78, 5) is 28.9. The summed E-state index contributed by atoms with van der Waals surface area (Å²) in [7, 11) is -2.70. The third-order valence-electron chi connectivity index (χ3n) is 6.51. The summed E-state index contributed by atoms with van der Waals surface area (Å²) in [5.41, 5.74) is 1.41. The smallest absolute Gasteiger partial charge is 0.243 e. The van der Waals surface area contributed by atoms with Crippen molar-refractivity contribution in [2.24, 2.45) is 0 Å². The first-order valence-electron chi connectivity index (χ1n) is 12.7. The first kappa shape index (κ1) is 31.9. The molecule has 0 spiro atoms. The van der Waals surface area contributed by atoms with Gasteiger partial charge in [-0.2, -0.15) is 4.31 Å². The molecule has 0 saturated carbocycles. The van der Waals surface area contributed by atoms with Crippen molar-refractivity contribution in [1.82, 2.24) is 14.5 Å². The standard InChI is InChI=1S/C29H32Cl3N3O4S/c1-4-20(2)33-29(37)27(16-21-8-6-5-7-9-21)35(18-22-10-11-24(31)17-26(22)32)28(36)19-34(3)40(38,39)25-14-12-23(30)13-15-25/h5-15,17,20,27H,4,16,18-19H2,1-3H3,(H,33,37). The minimum absolute atomic E-state index is 0.00477. The van der Waals surface area contributed by atoms with Crippen LogP contribution < -0.4 is 5.32 Å². The van der Waals surface area contributed by atoms with Gasteiger partial charge in [-0.3, -0.25) is 9.59 Å². The molecule has 3 aromatic carbocycles. The molecule has 2 amide bonds. The zero-order valence-corrected chi connectivity index (χ0v) is 25.6. The number of nitrogens with one attached hydrogen (secondary N) is 1. The van der Waals surface area contributed by atoms with E-state index in [9.17, 15) is 18.0 Å². The Morgan fingerprint density at radius 2 is 1.55 bits per heavy atom. The first-order chi connectivity index (χ1) is 18.9. The molecule has 0 bridgehead atoms. The summed E-state index contributed by atoms with van der Waals surface area (Å²) in [6, 6.07) is 18.8. The number of halogens is 3. The Hall–Kier alpha value is -2.62. The third-order valence-corrected chi connectivity index (χ3v) is 9.16. The Bertz CT molecular complexity index is 1420. The SMILES string of the molecule is CCC(C)NC(=O)C(Cc1ccccc1)N(Cc1ccc(Cl)cc1Cl)C(=O)CN(C)S(=O)(=O)c1ccc(Cl)cc1. The van der Waals surface area contributed by atoms with Gasteiger partial charge in [0.1, 0.15) is 6.04 Å². The van der Waals surface area contributed by atoms with E-state index >= 15 is 0 Å². The number of hydrogen-bond donors (Lipinski definition) is 1. The molecule has 2 atom stereocenters. The van der Waals surface area contributed by atoms with Gasteiger partial charge in [0.25, 0.3) is 0 Å². The molecule has 3 rings (SSSR count). The van der Waals surface area contributed by atoms with Crippen molar-refractivity contribution in [2.75, 3.05) is 13.6 Å². The first-order valence-corrected chi connectivity index (χ1v) is 15.3. The fourth-order valence-corrected chi connectivity index (χ4v) is 5.70. The summed E-state index contributed by atoms with van der Waals surface area (Å²) in [5, 5.41) is 4.12. The summed E-state index contributed by atoms with van der Waals surface area (Å²) in [6.07, 6.45) is 0.913. The maximum Gasteiger partial charge on any atom is 0.243 e. The number of rotatable bonds is 12. The quantitative estimate of drug-likeness (QED) is 0.275. The Morgan fingerprint density at radius 3 is 2.15 bits per heavy atom. The Labute approximate surface area is 251 Å². The monoisotopic (exact) mass is 623 g/mol. The van der Waals surface area contributed by atoms with E-state index in [1.807, 2.05) is 44.2 Å². The number of amides is 2. The Balaban J connectivity index is 2.01. The van der Waals surface area contributed by atoms with Crippen molar-refractivity contribution in [1.29, 1.82) is 0 Å². The molecule has 0 saturated heterocycles. The van der Waals surface area contributed by atoms with Gasteiger partial charge in [0.05, 0.1) is 11.4 Å². The molecule has 7 nitrogen and oxygen atoms in total. The second-order valence-corrected chi connectivity index (χ2v) is 12.8. The Morgan fingerprint density at radius 1 is 0.925 bits per heavy atom. The second kappa shape index (κ2) is 14.3. The van der Waals surface area contributed by atoms with Gasteiger partial charge in [0.2, 0.25) is 21.8 Å². The van der Waals surface area contributed by atoms with Crippen LogP contribution in [0.1, 0.15) is 31.4 Å². The van der Waals surface area contributed by atoms with Crippen LogP contribution in [-0.4, -0.2) is 55.1 Å². The number of likely N-dealkylation sites (N-methyl/N-ethyl adjacent to an activating group) is 1. The fraction of sp³-hybridized carbons (Fsp3) is 0.310. The zero-order chi connectivity index (χ0) is 29.4. The molecule has 0 aliphatic rings. The molecule has 214 valence electrons. The van der Waals surface area contributed by atoms with Crippen LogP contribution in [0.25, 0.3) is 0 Å². The molecule has 0 aliphatic carbocycles. The number of hydrogen-bond acceptors (Lipinski definition) is 4. The zero-order valence-electron chi connectivity index (χ0n) is 22.5. The molecular formula is C29H32Cl3N3O4S. The molecule has 0 radical (unpaired) electrons. The average Bonchev–Trinajstić information content (AvgIpc) is 2.92. The van der Waals surface area contributed by atoms with Crippen LogP contribution in [0.5, 0.6) is 0 Å². The molecule has 11 heteroatoms. The maximum absolute atomic E-state index is 13.9. The molecule has 0 aromatic heterocycles. The number of nitrogens with zero attached hydrogens (tertiary/aromatic N) is 2. The molecule has 1 N–H and O–H groups in total. The molecule has 0 heterocycles. The lowest BCUT2D eigenvalue weighted by Gasteiger charge is -2.33. The van der Waals surface area contributed by atoms with E-state index in [0.29, 0.717) is 27.1 Å². The predicted molar refractivity (Wildman–Crippen MR) is 160 cm³/mol. The van der Waals surface area contributed by atoms with Gasteiger partial charge in [-0.25, -0.2) is 8.42 Å². The van der Waals surface area contributed by atoms with Crippen molar-refractivity contribution >= 4 is 56.6 Å². The largest absolute Gasteiger partial charge is 0.352 e. The lowest BCUT2D eigenvalue weighted by Crippen LogP contribution is -2.54. The highest BCUT2D eigenvalue weighted by atomic mass is 35.5. The molecule has 0 aliphatic heterocycles. The topological polar surface area (TPSA) is 86.8 Å². The van der Waals surface area contributed by atoms with Gasteiger partial charge in [0, 0.05) is 41.1 Å². The van der Waals surface area contributed by atoms with Crippen molar-refractivity contribution in [2.45, 2.75) is 50.2 Å². The number of benzene rings is 3. The van der Waals surface area contributed by atoms with E-state index in [1.165, 1.54) is 36.2 Å². The van der Waals surface area contributed by atoms with Crippen LogP contribution >= 0.6 is 34.8 Å². The van der Waals surface area contributed by atoms with Crippen LogP contribution in [-0.2, 0) is 32.6 Å². The van der Waals surface area contributed by atoms with Crippen molar-refractivity contribution in [3.05, 3.63) is 99.0 Å². The van der Waals surface area contributed by atoms with E-state index < -0.39 is 28.5 Å². The molecule has 40 heavy (non-hydrogen) atoms. The number of sulfonamides is 1. The second-order valence-electron chi connectivity index (χ2n) is 9.50. The summed E-state index contributed by atoms with van der Waals surface area (Å²) in [5.74, 6) is -0.911. The minimum atomic E-state index is -4.02. The van der Waals surface area contributed by atoms with Crippen LogP contribution in [0.3, 0.4) is 0 Å². The normalized spacial score (nSPS) is 13.1. The molecular weight excluding hydrogens is 593 g/mol. The van der Waals surface area contributed by atoms with Crippen LogP contribution in [0.2, 0.25) is 15.1 Å². The van der Waals surface area contributed by atoms with E-state index in [2.05, 4.69) is 5.32 Å². The van der Waals surface area contributed by atoms with E-state index in [0.717, 1.165) is 9.87 Å². The molecule has 3 aromatic rings. The highest BCUT2D eigenvalue weighted by Gasteiger charge is 2.33. The lowest BCUT2D eigenvalue weighted by atomic mass is 10.0. The van der Waals surface area contributed by atoms with Crippen LogP contribution in [0.4, 0.5) is 0 Å². The maximum atomic E-state index is 13.9. The van der Waals surface area contributed by atoms with Crippen LogP contribution in [0, 0.1) is 0 Å². The van der Waals surface area contributed by atoms with Gasteiger partial charge in [-0.05, 0) is 60.9 Å². The van der Waals surface area contributed by atoms with Gasteiger partial charge < -0.3 is 10.2 Å². The van der Waals surface area contributed by atoms with E-state index in [-0.39, 0.29) is 29.8 Å².